The lowest BCUT2D eigenvalue weighted by Gasteiger charge is -2.27. The number of hydrogen-bond donors (Lipinski definition) is 0. The van der Waals surface area contributed by atoms with Crippen LogP contribution in [0.3, 0.4) is 0 Å². The lowest BCUT2D eigenvalue weighted by Crippen LogP contribution is -2.36. The molecule has 0 atom stereocenters. The van der Waals surface area contributed by atoms with Crippen molar-refractivity contribution in [2.75, 3.05) is 44.4 Å². The van der Waals surface area contributed by atoms with Crippen molar-refractivity contribution < 1.29 is 18.6 Å². The lowest BCUT2D eigenvalue weighted by atomic mass is 10.0. The molecule has 0 radical (unpaired) electrons. The second kappa shape index (κ2) is 6.63. The Morgan fingerprint density at radius 3 is 2.52 bits per heavy atom. The van der Waals surface area contributed by atoms with Crippen molar-refractivity contribution in [3.8, 4) is 22.6 Å². The molecule has 1 saturated heterocycles. The van der Waals surface area contributed by atoms with Gasteiger partial charge in [-0.05, 0) is 23.8 Å². The molecule has 138 valence electrons. The molecule has 1 aromatic heterocycles. The van der Waals surface area contributed by atoms with Crippen molar-refractivity contribution in [3.63, 3.8) is 0 Å². The zero-order chi connectivity index (χ0) is 18.2. The van der Waals surface area contributed by atoms with Gasteiger partial charge in [-0.15, -0.1) is 0 Å². The summed E-state index contributed by atoms with van der Waals surface area (Å²) in [5, 5.41) is 0.569. The minimum absolute atomic E-state index is 0.0443. The molecule has 0 unspecified atom stereocenters. The average Bonchev–Trinajstić information content (AvgIpc) is 2.73. The van der Waals surface area contributed by atoms with Crippen molar-refractivity contribution in [3.05, 3.63) is 52.7 Å². The van der Waals surface area contributed by atoms with E-state index in [1.807, 2.05) is 35.2 Å². The Kier molecular flexibility index (Phi) is 3.98. The third-order valence-corrected chi connectivity index (χ3v) is 4.92. The van der Waals surface area contributed by atoms with Gasteiger partial charge >= 0.3 is 0 Å². The summed E-state index contributed by atoms with van der Waals surface area (Å²) in [5.41, 5.74) is 2.32. The molecule has 2 aliphatic heterocycles. The van der Waals surface area contributed by atoms with Gasteiger partial charge < -0.3 is 23.5 Å². The topological polar surface area (TPSA) is 61.1 Å². The standard InChI is InChI=1S/C21H19NO5/c23-17-13-20(22-6-8-24-9-7-22)27-21-15(2-1-3-16(17)21)14-4-5-18-19(12-14)26-11-10-25-18/h1-5,12-13H,6-11H2. The lowest BCUT2D eigenvalue weighted by molar-refractivity contribution is 0.121. The third kappa shape index (κ3) is 2.92. The van der Waals surface area contributed by atoms with Crippen molar-refractivity contribution in [1.82, 2.24) is 0 Å². The Labute approximate surface area is 155 Å². The first kappa shape index (κ1) is 16.2. The Morgan fingerprint density at radius 2 is 1.67 bits per heavy atom. The highest BCUT2D eigenvalue weighted by molar-refractivity contribution is 5.93. The molecule has 0 bridgehead atoms. The van der Waals surface area contributed by atoms with Crippen LogP contribution in [0.15, 0.2) is 51.7 Å². The van der Waals surface area contributed by atoms with Crippen LogP contribution in [0.2, 0.25) is 0 Å². The summed E-state index contributed by atoms with van der Waals surface area (Å²) in [4.78, 5) is 14.7. The first-order chi connectivity index (χ1) is 13.3. The van der Waals surface area contributed by atoms with Crippen LogP contribution in [-0.2, 0) is 4.74 Å². The molecule has 0 saturated carbocycles. The van der Waals surface area contributed by atoms with Crippen molar-refractivity contribution >= 4 is 16.9 Å². The van der Waals surface area contributed by atoms with E-state index in [0.29, 0.717) is 62.1 Å². The number of ether oxygens (including phenoxy) is 3. The first-order valence-electron chi connectivity index (χ1n) is 9.09. The number of benzene rings is 2. The Morgan fingerprint density at radius 1 is 0.852 bits per heavy atom. The fourth-order valence-corrected chi connectivity index (χ4v) is 3.54. The Bertz CT molecular complexity index is 1050. The molecular weight excluding hydrogens is 346 g/mol. The molecule has 3 heterocycles. The number of hydrogen-bond acceptors (Lipinski definition) is 6. The average molecular weight is 365 g/mol. The molecule has 2 aromatic carbocycles. The molecule has 27 heavy (non-hydrogen) atoms. The van der Waals surface area contributed by atoms with Crippen LogP contribution in [0.25, 0.3) is 22.1 Å². The number of fused-ring (bicyclic) bond motifs is 2. The predicted octanol–water partition coefficient (Wildman–Crippen LogP) is 3.07. The maximum absolute atomic E-state index is 12.7. The minimum Gasteiger partial charge on any atom is -0.486 e. The summed E-state index contributed by atoms with van der Waals surface area (Å²) < 4.78 is 22.9. The smallest absolute Gasteiger partial charge is 0.200 e. The highest BCUT2D eigenvalue weighted by atomic mass is 16.6. The highest BCUT2D eigenvalue weighted by Crippen LogP contribution is 2.37. The number of rotatable bonds is 2. The number of anilines is 1. The molecular formula is C21H19NO5. The molecule has 2 aliphatic rings. The highest BCUT2D eigenvalue weighted by Gasteiger charge is 2.18. The fourth-order valence-electron chi connectivity index (χ4n) is 3.54. The molecule has 0 spiro atoms. The van der Waals surface area contributed by atoms with E-state index in [1.165, 1.54) is 0 Å². The monoisotopic (exact) mass is 365 g/mol. The molecule has 6 heteroatoms. The van der Waals surface area contributed by atoms with Crippen molar-refractivity contribution in [1.29, 1.82) is 0 Å². The fraction of sp³-hybridized carbons (Fsp3) is 0.286. The number of morpholine rings is 1. The van der Waals surface area contributed by atoms with E-state index in [0.717, 1.165) is 16.9 Å². The minimum atomic E-state index is -0.0443. The summed E-state index contributed by atoms with van der Waals surface area (Å²) in [6.45, 7) is 3.76. The number of nitrogens with zero attached hydrogens (tertiary/aromatic N) is 1. The Hall–Kier alpha value is -2.99. The molecule has 0 amide bonds. The van der Waals surface area contributed by atoms with Crippen LogP contribution >= 0.6 is 0 Å². The maximum Gasteiger partial charge on any atom is 0.200 e. The van der Waals surface area contributed by atoms with Crippen molar-refractivity contribution in [2.24, 2.45) is 0 Å². The molecule has 0 N–H and O–H groups in total. The molecule has 5 rings (SSSR count). The van der Waals surface area contributed by atoms with E-state index >= 15 is 0 Å². The largest absolute Gasteiger partial charge is 0.486 e. The van der Waals surface area contributed by atoms with Crippen LogP contribution < -0.4 is 19.8 Å². The van der Waals surface area contributed by atoms with E-state index < -0.39 is 0 Å². The van der Waals surface area contributed by atoms with E-state index in [1.54, 1.807) is 12.1 Å². The number of para-hydroxylation sites is 1. The van der Waals surface area contributed by atoms with Gasteiger partial charge in [0.2, 0.25) is 0 Å². The molecule has 0 aliphatic carbocycles. The molecule has 6 nitrogen and oxygen atoms in total. The molecule has 1 fully saturated rings. The quantitative estimate of drug-likeness (QED) is 0.696. The van der Waals surface area contributed by atoms with Gasteiger partial charge in [-0.1, -0.05) is 18.2 Å². The maximum atomic E-state index is 12.7. The van der Waals surface area contributed by atoms with Gasteiger partial charge in [0.25, 0.3) is 0 Å². The van der Waals surface area contributed by atoms with Gasteiger partial charge in [0.15, 0.2) is 22.8 Å². The van der Waals surface area contributed by atoms with Crippen molar-refractivity contribution in [2.45, 2.75) is 0 Å². The first-order valence-corrected chi connectivity index (χ1v) is 9.09. The zero-order valence-electron chi connectivity index (χ0n) is 14.8. The van der Waals surface area contributed by atoms with Crippen LogP contribution in [0, 0.1) is 0 Å². The Balaban J connectivity index is 1.66. The zero-order valence-corrected chi connectivity index (χ0v) is 14.8. The van der Waals surface area contributed by atoms with E-state index in [2.05, 4.69) is 0 Å². The van der Waals surface area contributed by atoms with E-state index in [4.69, 9.17) is 18.6 Å². The summed E-state index contributed by atoms with van der Waals surface area (Å²) in [7, 11) is 0. The third-order valence-electron chi connectivity index (χ3n) is 4.92. The van der Waals surface area contributed by atoms with Crippen LogP contribution in [0.5, 0.6) is 11.5 Å². The summed E-state index contributed by atoms with van der Waals surface area (Å²) in [6.07, 6.45) is 0. The SMILES string of the molecule is O=c1cc(N2CCOCC2)oc2c(-c3ccc4c(c3)OCCO4)cccc12. The summed E-state index contributed by atoms with van der Waals surface area (Å²) >= 11 is 0. The van der Waals surface area contributed by atoms with Crippen LogP contribution in [0.1, 0.15) is 0 Å². The summed E-state index contributed by atoms with van der Waals surface area (Å²) in [5.74, 6) is 2.03. The summed E-state index contributed by atoms with van der Waals surface area (Å²) in [6, 6.07) is 13.0. The second-order valence-electron chi connectivity index (χ2n) is 6.59. The van der Waals surface area contributed by atoms with Gasteiger partial charge in [0, 0.05) is 24.7 Å². The van der Waals surface area contributed by atoms with Crippen LogP contribution in [-0.4, -0.2) is 39.5 Å². The van der Waals surface area contributed by atoms with Gasteiger partial charge in [0.05, 0.1) is 18.6 Å². The van der Waals surface area contributed by atoms with Crippen LogP contribution in [0.4, 0.5) is 5.88 Å². The van der Waals surface area contributed by atoms with Gasteiger partial charge in [-0.3, -0.25) is 4.79 Å². The van der Waals surface area contributed by atoms with Gasteiger partial charge in [-0.25, -0.2) is 0 Å². The van der Waals surface area contributed by atoms with Gasteiger partial charge in [0.1, 0.15) is 18.8 Å². The predicted molar refractivity (Wildman–Crippen MR) is 102 cm³/mol. The normalized spacial score (nSPS) is 16.5. The second-order valence-corrected chi connectivity index (χ2v) is 6.59. The van der Waals surface area contributed by atoms with Gasteiger partial charge in [-0.2, -0.15) is 0 Å². The van der Waals surface area contributed by atoms with E-state index in [-0.39, 0.29) is 5.43 Å². The molecule has 3 aromatic rings. The van der Waals surface area contributed by atoms with E-state index in [9.17, 15) is 4.79 Å².